The van der Waals surface area contributed by atoms with E-state index in [1.165, 1.54) is 24.0 Å². The SMILES string of the molecule is C=C(CCC(C)C1CC=C2[C@H]3OC(=O)C4CC(O)CCC4(C)C3CCC21C)C(C)C. The molecular formula is C27H42O3. The van der Waals surface area contributed by atoms with Gasteiger partial charge in [0.25, 0.3) is 0 Å². The fourth-order valence-electron chi connectivity index (χ4n) is 7.47. The van der Waals surface area contributed by atoms with Gasteiger partial charge in [-0.1, -0.05) is 52.8 Å². The highest BCUT2D eigenvalue weighted by Gasteiger charge is 2.61. The number of aliphatic hydroxyl groups excluding tert-OH is 1. The number of hydrogen-bond donors (Lipinski definition) is 1. The van der Waals surface area contributed by atoms with Crippen molar-refractivity contribution in [3.63, 3.8) is 0 Å². The molecule has 3 fully saturated rings. The van der Waals surface area contributed by atoms with E-state index in [1.54, 1.807) is 0 Å². The van der Waals surface area contributed by atoms with Gasteiger partial charge in [-0.2, -0.15) is 0 Å². The zero-order chi connectivity index (χ0) is 21.8. The predicted octanol–water partition coefficient (Wildman–Crippen LogP) is 6.07. The van der Waals surface area contributed by atoms with Crippen LogP contribution in [0.2, 0.25) is 0 Å². The number of carbonyl (C=O) groups is 1. The molecule has 7 unspecified atom stereocenters. The van der Waals surface area contributed by atoms with Crippen molar-refractivity contribution in [2.24, 2.45) is 40.4 Å². The Morgan fingerprint density at radius 1 is 1.27 bits per heavy atom. The molecule has 0 radical (unpaired) electrons. The van der Waals surface area contributed by atoms with E-state index in [0.717, 1.165) is 32.1 Å². The van der Waals surface area contributed by atoms with E-state index in [0.29, 0.717) is 30.1 Å². The smallest absolute Gasteiger partial charge is 0.310 e. The fraction of sp³-hybridized carbons (Fsp3) is 0.815. The first-order valence-electron chi connectivity index (χ1n) is 12.3. The molecule has 4 rings (SSSR count). The van der Waals surface area contributed by atoms with Gasteiger partial charge in [0.1, 0.15) is 6.10 Å². The van der Waals surface area contributed by atoms with E-state index in [-0.39, 0.29) is 34.9 Å². The second kappa shape index (κ2) is 7.80. The first-order valence-corrected chi connectivity index (χ1v) is 12.3. The average Bonchev–Trinajstić information content (AvgIpc) is 3.04. The summed E-state index contributed by atoms with van der Waals surface area (Å²) in [5.74, 6) is 2.04. The first-order chi connectivity index (χ1) is 14.1. The molecule has 0 aromatic carbocycles. The second-order valence-electron chi connectivity index (χ2n) is 11.7. The summed E-state index contributed by atoms with van der Waals surface area (Å²) in [6.07, 6.45) is 10.1. The van der Waals surface area contributed by atoms with E-state index < -0.39 is 0 Å². The Morgan fingerprint density at radius 3 is 2.70 bits per heavy atom. The largest absolute Gasteiger partial charge is 0.457 e. The van der Waals surface area contributed by atoms with Gasteiger partial charge >= 0.3 is 5.97 Å². The van der Waals surface area contributed by atoms with Crippen molar-refractivity contribution in [3.8, 4) is 0 Å². The summed E-state index contributed by atoms with van der Waals surface area (Å²) < 4.78 is 6.18. The van der Waals surface area contributed by atoms with Gasteiger partial charge in [-0.15, -0.1) is 0 Å². The molecule has 1 saturated heterocycles. The van der Waals surface area contributed by atoms with Gasteiger partial charge in [0.15, 0.2) is 0 Å². The van der Waals surface area contributed by atoms with Gasteiger partial charge in [-0.3, -0.25) is 4.79 Å². The highest BCUT2D eigenvalue weighted by atomic mass is 16.5. The summed E-state index contributed by atoms with van der Waals surface area (Å²) in [5, 5.41) is 10.2. The maximum absolute atomic E-state index is 13.0. The van der Waals surface area contributed by atoms with Gasteiger partial charge in [0.05, 0.1) is 12.0 Å². The standard InChI is InChI=1S/C27H42O3/c1-16(2)17(3)7-8-18(4)20-9-10-21-24-22(12-14-26(20,21)5)27(6)13-11-19(28)15-23(27)25(29)30-24/h10,16,18-20,22-24,28H,3,7-9,11-15H2,1-2,4-6H3/t18?,19?,20?,22?,23?,24-,26?,27?/m1/s1. The molecule has 1 heterocycles. The van der Waals surface area contributed by atoms with Crippen molar-refractivity contribution in [2.75, 3.05) is 0 Å². The summed E-state index contributed by atoms with van der Waals surface area (Å²) in [4.78, 5) is 13.0. The Hall–Kier alpha value is -1.09. The van der Waals surface area contributed by atoms with Gasteiger partial charge in [-0.25, -0.2) is 0 Å². The molecule has 168 valence electrons. The van der Waals surface area contributed by atoms with Crippen LogP contribution < -0.4 is 0 Å². The van der Waals surface area contributed by atoms with Crippen LogP contribution in [-0.2, 0) is 9.53 Å². The molecular weight excluding hydrogens is 372 g/mol. The molecule has 0 bridgehead atoms. The molecule has 1 aliphatic heterocycles. The molecule has 0 amide bonds. The van der Waals surface area contributed by atoms with Crippen LogP contribution in [0.3, 0.4) is 0 Å². The fourth-order valence-corrected chi connectivity index (χ4v) is 7.47. The number of hydrogen-bond acceptors (Lipinski definition) is 3. The van der Waals surface area contributed by atoms with Gasteiger partial charge in [0, 0.05) is 5.92 Å². The highest BCUT2D eigenvalue weighted by molar-refractivity contribution is 5.75. The molecule has 3 nitrogen and oxygen atoms in total. The quantitative estimate of drug-likeness (QED) is 0.439. The van der Waals surface area contributed by atoms with Crippen LogP contribution in [-0.4, -0.2) is 23.3 Å². The van der Waals surface area contributed by atoms with Crippen molar-refractivity contribution < 1.29 is 14.6 Å². The van der Waals surface area contributed by atoms with Crippen LogP contribution in [0.1, 0.15) is 86.0 Å². The summed E-state index contributed by atoms with van der Waals surface area (Å²) >= 11 is 0. The van der Waals surface area contributed by atoms with E-state index in [4.69, 9.17) is 4.74 Å². The van der Waals surface area contributed by atoms with E-state index in [2.05, 4.69) is 47.3 Å². The number of fused-ring (bicyclic) bond motifs is 5. The van der Waals surface area contributed by atoms with E-state index in [1.807, 2.05) is 0 Å². The molecule has 3 heteroatoms. The number of aliphatic hydroxyl groups is 1. The molecule has 30 heavy (non-hydrogen) atoms. The van der Waals surface area contributed by atoms with Gasteiger partial charge in [-0.05, 0) is 85.5 Å². The molecule has 8 atom stereocenters. The van der Waals surface area contributed by atoms with E-state index in [9.17, 15) is 9.90 Å². The zero-order valence-corrected chi connectivity index (χ0v) is 19.7. The average molecular weight is 415 g/mol. The maximum atomic E-state index is 13.0. The lowest BCUT2D eigenvalue weighted by Gasteiger charge is -2.58. The minimum absolute atomic E-state index is 0.0277. The topological polar surface area (TPSA) is 46.5 Å². The van der Waals surface area contributed by atoms with Crippen molar-refractivity contribution in [1.82, 2.24) is 0 Å². The van der Waals surface area contributed by atoms with Crippen molar-refractivity contribution in [3.05, 3.63) is 23.8 Å². The number of rotatable bonds is 5. The molecule has 1 N–H and O–H groups in total. The summed E-state index contributed by atoms with van der Waals surface area (Å²) in [5.41, 5.74) is 2.90. The molecule has 0 spiro atoms. The Bertz CT molecular complexity index is 736. The monoisotopic (exact) mass is 414 g/mol. The van der Waals surface area contributed by atoms with Crippen molar-refractivity contribution in [1.29, 1.82) is 0 Å². The number of esters is 1. The Morgan fingerprint density at radius 2 is 2.00 bits per heavy atom. The first kappa shape index (κ1) is 22.1. The Labute approximate surface area is 183 Å². The predicted molar refractivity (Wildman–Crippen MR) is 121 cm³/mol. The van der Waals surface area contributed by atoms with E-state index >= 15 is 0 Å². The van der Waals surface area contributed by atoms with Crippen LogP contribution >= 0.6 is 0 Å². The lowest BCUT2D eigenvalue weighted by Crippen LogP contribution is -2.58. The normalized spacial score (nSPS) is 43.9. The number of carbonyl (C=O) groups excluding carboxylic acids is 1. The Kier molecular flexibility index (Phi) is 5.75. The lowest BCUT2D eigenvalue weighted by molar-refractivity contribution is -0.195. The lowest BCUT2D eigenvalue weighted by atomic mass is 9.50. The number of allylic oxidation sites excluding steroid dienone is 2. The van der Waals surface area contributed by atoms with Crippen LogP contribution in [0.4, 0.5) is 0 Å². The van der Waals surface area contributed by atoms with Crippen LogP contribution in [0, 0.1) is 40.4 Å². The summed E-state index contributed by atoms with van der Waals surface area (Å²) in [6.45, 7) is 15.9. The van der Waals surface area contributed by atoms with Crippen molar-refractivity contribution in [2.45, 2.75) is 98.2 Å². The molecule has 2 saturated carbocycles. The summed E-state index contributed by atoms with van der Waals surface area (Å²) in [6, 6.07) is 0. The zero-order valence-electron chi connectivity index (χ0n) is 19.7. The van der Waals surface area contributed by atoms with Crippen molar-refractivity contribution >= 4 is 5.97 Å². The van der Waals surface area contributed by atoms with Gasteiger partial charge in [0.2, 0.25) is 0 Å². The highest BCUT2D eigenvalue weighted by Crippen LogP contribution is 2.63. The molecule has 3 aliphatic carbocycles. The third-order valence-electron chi connectivity index (χ3n) is 9.84. The molecule has 4 aliphatic rings. The van der Waals surface area contributed by atoms with Crippen LogP contribution in [0.25, 0.3) is 0 Å². The van der Waals surface area contributed by atoms with Gasteiger partial charge < -0.3 is 9.84 Å². The third-order valence-corrected chi connectivity index (χ3v) is 9.84. The molecule has 0 aromatic rings. The minimum Gasteiger partial charge on any atom is -0.457 e. The summed E-state index contributed by atoms with van der Waals surface area (Å²) in [7, 11) is 0. The Balaban J connectivity index is 1.52. The second-order valence-corrected chi connectivity index (χ2v) is 11.7. The third kappa shape index (κ3) is 3.40. The molecule has 0 aromatic heterocycles. The van der Waals surface area contributed by atoms with Crippen LogP contribution in [0.15, 0.2) is 23.8 Å². The maximum Gasteiger partial charge on any atom is 0.310 e. The number of ether oxygens (including phenoxy) is 1. The minimum atomic E-state index is -0.349. The van der Waals surface area contributed by atoms with Crippen LogP contribution in [0.5, 0.6) is 0 Å².